The fourth-order valence-electron chi connectivity index (χ4n) is 2.09. The van der Waals surface area contributed by atoms with Crippen molar-refractivity contribution in [1.82, 2.24) is 9.55 Å². The maximum atomic E-state index is 12.4. The molecule has 0 atom stereocenters. The summed E-state index contributed by atoms with van der Waals surface area (Å²) < 4.78 is 2.98. The molecule has 0 aromatic carbocycles. The van der Waals surface area contributed by atoms with Gasteiger partial charge >= 0.3 is 0 Å². The number of aryl methyl sites for hydroxylation is 1. The SMILES string of the molecule is Cc1ncccc1NC(=O)c1cc(Br)cn1C1CC1. The van der Waals surface area contributed by atoms with E-state index in [1.165, 1.54) is 0 Å². The number of hydrogen-bond acceptors (Lipinski definition) is 2. The monoisotopic (exact) mass is 319 g/mol. The van der Waals surface area contributed by atoms with Crippen LogP contribution in [-0.2, 0) is 0 Å². The quantitative estimate of drug-likeness (QED) is 0.940. The highest BCUT2D eigenvalue weighted by atomic mass is 79.9. The average molecular weight is 320 g/mol. The van der Waals surface area contributed by atoms with Crippen LogP contribution in [-0.4, -0.2) is 15.5 Å². The van der Waals surface area contributed by atoms with Gasteiger partial charge in [0.15, 0.2) is 0 Å². The lowest BCUT2D eigenvalue weighted by Gasteiger charge is -2.09. The normalized spacial score (nSPS) is 14.4. The topological polar surface area (TPSA) is 46.9 Å². The first-order chi connectivity index (χ1) is 9.15. The van der Waals surface area contributed by atoms with Crippen molar-refractivity contribution in [3.63, 3.8) is 0 Å². The molecule has 2 heterocycles. The zero-order valence-corrected chi connectivity index (χ0v) is 12.1. The third-order valence-electron chi connectivity index (χ3n) is 3.24. The van der Waals surface area contributed by atoms with E-state index in [4.69, 9.17) is 0 Å². The van der Waals surface area contributed by atoms with E-state index in [0.717, 1.165) is 28.7 Å². The fourth-order valence-corrected chi connectivity index (χ4v) is 2.52. The molecule has 1 N–H and O–H groups in total. The molecule has 0 spiro atoms. The lowest BCUT2D eigenvalue weighted by molar-refractivity contribution is 0.101. The third-order valence-corrected chi connectivity index (χ3v) is 3.68. The van der Waals surface area contributed by atoms with Crippen LogP contribution < -0.4 is 5.32 Å². The maximum Gasteiger partial charge on any atom is 0.272 e. The van der Waals surface area contributed by atoms with E-state index in [9.17, 15) is 4.79 Å². The second kappa shape index (κ2) is 4.81. The number of nitrogens with zero attached hydrogens (tertiary/aromatic N) is 2. The number of carbonyl (C=O) groups excluding carboxylic acids is 1. The molecular weight excluding hydrogens is 306 g/mol. The van der Waals surface area contributed by atoms with E-state index in [0.29, 0.717) is 11.7 Å². The first-order valence-electron chi connectivity index (χ1n) is 6.25. The van der Waals surface area contributed by atoms with Crippen molar-refractivity contribution in [3.05, 3.63) is 46.5 Å². The Kier molecular flexibility index (Phi) is 3.14. The number of aromatic nitrogens is 2. The van der Waals surface area contributed by atoms with Crippen LogP contribution >= 0.6 is 15.9 Å². The summed E-state index contributed by atoms with van der Waals surface area (Å²) in [5.74, 6) is -0.0892. The van der Waals surface area contributed by atoms with Gasteiger partial charge in [-0.3, -0.25) is 9.78 Å². The Hall–Kier alpha value is -1.62. The number of halogens is 1. The molecule has 1 amide bonds. The second-order valence-corrected chi connectivity index (χ2v) is 5.69. The van der Waals surface area contributed by atoms with Gasteiger partial charge < -0.3 is 9.88 Å². The van der Waals surface area contributed by atoms with E-state index in [1.807, 2.05) is 35.9 Å². The van der Waals surface area contributed by atoms with Gasteiger partial charge in [-0.15, -0.1) is 0 Å². The Morgan fingerprint density at radius 3 is 3.00 bits per heavy atom. The molecule has 1 saturated carbocycles. The van der Waals surface area contributed by atoms with E-state index < -0.39 is 0 Å². The maximum absolute atomic E-state index is 12.4. The van der Waals surface area contributed by atoms with Crippen molar-refractivity contribution in [2.45, 2.75) is 25.8 Å². The molecule has 0 saturated heterocycles. The van der Waals surface area contributed by atoms with Crippen LogP contribution in [0.15, 0.2) is 35.1 Å². The molecule has 0 aliphatic heterocycles. The van der Waals surface area contributed by atoms with Gasteiger partial charge in [0, 0.05) is 22.9 Å². The molecule has 0 bridgehead atoms. The van der Waals surface area contributed by atoms with E-state index in [-0.39, 0.29) is 5.91 Å². The number of nitrogens with one attached hydrogen (secondary N) is 1. The summed E-state index contributed by atoms with van der Waals surface area (Å²) >= 11 is 3.43. The first kappa shape index (κ1) is 12.4. The Balaban J connectivity index is 1.86. The summed E-state index contributed by atoms with van der Waals surface area (Å²) in [7, 11) is 0. The Bertz CT molecular complexity index is 631. The Morgan fingerprint density at radius 2 is 2.32 bits per heavy atom. The van der Waals surface area contributed by atoms with Crippen molar-refractivity contribution < 1.29 is 4.79 Å². The van der Waals surface area contributed by atoms with Gasteiger partial charge in [0.1, 0.15) is 5.69 Å². The van der Waals surface area contributed by atoms with Crippen LogP contribution in [0, 0.1) is 6.92 Å². The second-order valence-electron chi connectivity index (χ2n) is 4.77. The number of rotatable bonds is 3. The molecule has 2 aromatic rings. The van der Waals surface area contributed by atoms with Crippen molar-refractivity contribution in [3.8, 4) is 0 Å². The van der Waals surface area contributed by atoms with Crippen LogP contribution in [0.4, 0.5) is 5.69 Å². The Morgan fingerprint density at radius 1 is 1.53 bits per heavy atom. The van der Waals surface area contributed by atoms with Crippen LogP contribution in [0.2, 0.25) is 0 Å². The number of hydrogen-bond donors (Lipinski definition) is 1. The van der Waals surface area contributed by atoms with Gasteiger partial charge in [-0.1, -0.05) is 0 Å². The molecule has 1 aliphatic carbocycles. The number of pyridine rings is 1. The fraction of sp³-hybridized carbons (Fsp3) is 0.286. The van der Waals surface area contributed by atoms with Gasteiger partial charge in [-0.25, -0.2) is 0 Å². The van der Waals surface area contributed by atoms with Crippen LogP contribution in [0.5, 0.6) is 0 Å². The molecule has 98 valence electrons. The minimum absolute atomic E-state index is 0.0892. The molecule has 4 nitrogen and oxygen atoms in total. The smallest absolute Gasteiger partial charge is 0.272 e. The molecular formula is C14H14BrN3O. The highest BCUT2D eigenvalue weighted by Gasteiger charge is 2.27. The molecule has 19 heavy (non-hydrogen) atoms. The summed E-state index contributed by atoms with van der Waals surface area (Å²) in [6.07, 6.45) is 5.98. The van der Waals surface area contributed by atoms with Gasteiger partial charge in [0.2, 0.25) is 0 Å². The molecule has 1 fully saturated rings. The van der Waals surface area contributed by atoms with Gasteiger partial charge in [0.25, 0.3) is 5.91 Å². The minimum atomic E-state index is -0.0892. The van der Waals surface area contributed by atoms with E-state index in [1.54, 1.807) is 6.20 Å². The molecule has 5 heteroatoms. The summed E-state index contributed by atoms with van der Waals surface area (Å²) in [5.41, 5.74) is 2.27. The van der Waals surface area contributed by atoms with Crippen molar-refractivity contribution in [1.29, 1.82) is 0 Å². The van der Waals surface area contributed by atoms with E-state index in [2.05, 4.69) is 26.2 Å². The predicted molar refractivity (Wildman–Crippen MR) is 77.3 cm³/mol. The zero-order chi connectivity index (χ0) is 13.4. The average Bonchev–Trinajstić information content (AvgIpc) is 3.15. The highest BCUT2D eigenvalue weighted by molar-refractivity contribution is 9.10. The molecule has 0 unspecified atom stereocenters. The molecule has 1 aliphatic rings. The zero-order valence-electron chi connectivity index (χ0n) is 10.6. The molecule has 3 rings (SSSR count). The minimum Gasteiger partial charge on any atom is -0.339 e. The van der Waals surface area contributed by atoms with Crippen molar-refractivity contribution in [2.24, 2.45) is 0 Å². The lowest BCUT2D eigenvalue weighted by Crippen LogP contribution is -2.17. The summed E-state index contributed by atoms with van der Waals surface area (Å²) in [4.78, 5) is 16.5. The van der Waals surface area contributed by atoms with Crippen LogP contribution in [0.25, 0.3) is 0 Å². The van der Waals surface area contributed by atoms with Gasteiger partial charge in [-0.05, 0) is 53.9 Å². The van der Waals surface area contributed by atoms with Crippen LogP contribution in [0.3, 0.4) is 0 Å². The lowest BCUT2D eigenvalue weighted by atomic mass is 10.3. The highest BCUT2D eigenvalue weighted by Crippen LogP contribution is 2.37. The van der Waals surface area contributed by atoms with Crippen LogP contribution in [0.1, 0.15) is 35.1 Å². The largest absolute Gasteiger partial charge is 0.339 e. The summed E-state index contributed by atoms with van der Waals surface area (Å²) in [5, 5.41) is 2.92. The van der Waals surface area contributed by atoms with E-state index >= 15 is 0 Å². The standard InChI is InChI=1S/C14H14BrN3O/c1-9-12(3-2-6-16-9)17-14(19)13-7-10(15)8-18(13)11-4-5-11/h2-3,6-8,11H,4-5H2,1H3,(H,17,19). The number of carbonyl (C=O) groups is 1. The first-order valence-corrected chi connectivity index (χ1v) is 7.05. The van der Waals surface area contributed by atoms with Gasteiger partial charge in [0.05, 0.1) is 11.4 Å². The number of amides is 1. The number of anilines is 1. The summed E-state index contributed by atoms with van der Waals surface area (Å²) in [6, 6.07) is 6.01. The predicted octanol–water partition coefficient (Wildman–Crippen LogP) is 3.54. The van der Waals surface area contributed by atoms with Crippen molar-refractivity contribution >= 4 is 27.5 Å². The molecule has 2 aromatic heterocycles. The summed E-state index contributed by atoms with van der Waals surface area (Å²) in [6.45, 7) is 1.88. The van der Waals surface area contributed by atoms with Crippen molar-refractivity contribution in [2.75, 3.05) is 5.32 Å². The Labute approximate surface area is 120 Å². The molecule has 0 radical (unpaired) electrons. The third kappa shape index (κ3) is 2.56. The van der Waals surface area contributed by atoms with Gasteiger partial charge in [-0.2, -0.15) is 0 Å².